The van der Waals surface area contributed by atoms with Crippen LogP contribution in [0.2, 0.25) is 0 Å². The molecule has 97 heavy (non-hydrogen) atoms. The maximum absolute atomic E-state index is 12.0. The van der Waals surface area contributed by atoms with Gasteiger partial charge in [-0.05, 0) is 132 Å². The van der Waals surface area contributed by atoms with Gasteiger partial charge in [0.25, 0.3) is 0 Å². The van der Waals surface area contributed by atoms with Crippen molar-refractivity contribution in [3.05, 3.63) is 89.9 Å². The summed E-state index contributed by atoms with van der Waals surface area (Å²) in [6, 6.07) is 16.4. The molecular formula is C69H101N9O19. The van der Waals surface area contributed by atoms with Crippen molar-refractivity contribution in [3.63, 3.8) is 0 Å². The SMILES string of the molecule is CCN(CC)CCOC(=O)CCc1c[nH]c2cc(OC(=O)N(C)CC)ccc12.CCN(CC)CCOC(=O)CCc1c[nH]c2cc(OC(=O)N(C)CC)ccc12.CCN(CC)CCOC(=O)CCc1c[nH]c2cc(OC(=O)N(C)CC)ccc12.O=C(O)CC(O)(CC(=O)O)C(=O)O. The van der Waals surface area contributed by atoms with Crippen LogP contribution in [0.5, 0.6) is 17.2 Å². The smallest absolute Gasteiger partial charge is 0.414 e. The van der Waals surface area contributed by atoms with E-state index in [1.807, 2.05) is 57.6 Å². The molecular weight excluding hydrogens is 1260 g/mol. The first-order valence-corrected chi connectivity index (χ1v) is 32.8. The van der Waals surface area contributed by atoms with Gasteiger partial charge in [0.1, 0.15) is 37.1 Å². The van der Waals surface area contributed by atoms with Crippen LogP contribution in [0.3, 0.4) is 0 Å². The summed E-state index contributed by atoms with van der Waals surface area (Å²) < 4.78 is 32.0. The normalized spacial score (nSPS) is 11.0. The number of hydrogen-bond donors (Lipinski definition) is 7. The lowest BCUT2D eigenvalue weighted by atomic mass is 9.96. The summed E-state index contributed by atoms with van der Waals surface area (Å²) >= 11 is 0. The van der Waals surface area contributed by atoms with Crippen LogP contribution in [0, 0.1) is 0 Å². The van der Waals surface area contributed by atoms with Crippen molar-refractivity contribution in [1.29, 1.82) is 0 Å². The molecule has 0 radical (unpaired) electrons. The zero-order valence-electron chi connectivity index (χ0n) is 58.3. The van der Waals surface area contributed by atoms with Gasteiger partial charge in [-0.2, -0.15) is 0 Å². The number of aliphatic carboxylic acids is 3. The number of hydrogen-bond acceptors (Lipinski definition) is 19. The molecule has 0 unspecified atom stereocenters. The zero-order valence-corrected chi connectivity index (χ0v) is 58.3. The van der Waals surface area contributed by atoms with Gasteiger partial charge in [-0.25, -0.2) is 19.2 Å². The van der Waals surface area contributed by atoms with Crippen LogP contribution in [-0.2, 0) is 62.2 Å². The molecule has 0 aliphatic rings. The summed E-state index contributed by atoms with van der Waals surface area (Å²) in [6.07, 6.45) is 5.01. The number of aromatic amines is 3. The molecule has 28 heteroatoms. The highest BCUT2D eigenvalue weighted by atomic mass is 16.6. The van der Waals surface area contributed by atoms with Crippen LogP contribution in [0.15, 0.2) is 73.2 Å². The second kappa shape index (κ2) is 43.0. The maximum atomic E-state index is 12.0. The molecule has 0 atom stereocenters. The largest absolute Gasteiger partial charge is 0.481 e. The summed E-state index contributed by atoms with van der Waals surface area (Å²) in [5, 5.41) is 36.9. The highest BCUT2D eigenvalue weighted by Crippen LogP contribution is 2.28. The van der Waals surface area contributed by atoms with E-state index in [4.69, 9.17) is 48.8 Å². The standard InChI is InChI=1S/3C21H31N3O4.C6H8O7/c3*1-5-23(4)21(26)28-17-9-10-18-16(15-22-19(18)14-17)8-11-20(25)27-13-12-24(6-2)7-3;7-3(8)1-6(13,5(11)12)2-4(9)10/h3*9-10,14-15,22H,5-8,11-13H2,1-4H3;13H,1-2H2,(H,7,8)(H,9,10)(H,11,12). The molecule has 3 heterocycles. The number of carbonyl (C=O) groups excluding carboxylic acids is 6. The summed E-state index contributed by atoms with van der Waals surface area (Å²) in [6.45, 7) is 29.3. The van der Waals surface area contributed by atoms with E-state index in [1.54, 1.807) is 57.5 Å². The predicted octanol–water partition coefficient (Wildman–Crippen LogP) is 9.06. The molecule has 3 amide bonds. The molecule has 28 nitrogen and oxygen atoms in total. The minimum absolute atomic E-state index is 0.186. The third-order valence-electron chi connectivity index (χ3n) is 16.0. The fourth-order valence-corrected chi connectivity index (χ4v) is 9.36. The molecule has 6 rings (SSSR count). The Kier molecular flexibility index (Phi) is 36.4. The molecule has 0 aliphatic carbocycles. The van der Waals surface area contributed by atoms with Crippen molar-refractivity contribution in [1.82, 2.24) is 44.4 Å². The third kappa shape index (κ3) is 28.5. The van der Waals surface area contributed by atoms with Gasteiger partial charge in [-0.3, -0.25) is 24.0 Å². The predicted molar refractivity (Wildman–Crippen MR) is 366 cm³/mol. The van der Waals surface area contributed by atoms with Gasteiger partial charge in [-0.1, -0.05) is 41.5 Å². The van der Waals surface area contributed by atoms with Gasteiger partial charge < -0.3 is 93.2 Å². The fraction of sp³-hybridized carbons (Fsp3) is 0.522. The van der Waals surface area contributed by atoms with Crippen molar-refractivity contribution in [3.8, 4) is 17.2 Å². The number of nitrogens with zero attached hydrogens (tertiary/aromatic N) is 6. The van der Waals surface area contributed by atoms with E-state index < -0.39 is 36.4 Å². The average molecular weight is 1360 g/mol. The van der Waals surface area contributed by atoms with Gasteiger partial charge in [-0.15, -0.1) is 0 Å². The van der Waals surface area contributed by atoms with E-state index in [9.17, 15) is 43.2 Å². The summed E-state index contributed by atoms with van der Waals surface area (Å²) in [7, 11) is 5.07. The molecule has 6 aromatic rings. The van der Waals surface area contributed by atoms with Gasteiger partial charge in [0.05, 0.1) is 12.8 Å². The van der Waals surface area contributed by atoms with E-state index in [0.717, 1.165) is 108 Å². The molecule has 7 N–H and O–H groups in total. The monoisotopic (exact) mass is 1360 g/mol. The van der Waals surface area contributed by atoms with Crippen molar-refractivity contribution in [2.75, 3.05) is 120 Å². The summed E-state index contributed by atoms with van der Waals surface area (Å²) in [5.74, 6) is -4.11. The van der Waals surface area contributed by atoms with Gasteiger partial charge in [0, 0.05) is 149 Å². The first kappa shape index (κ1) is 82.0. The number of nitrogens with one attached hydrogen (secondary N) is 3. The van der Waals surface area contributed by atoms with E-state index in [-0.39, 0.29) is 36.2 Å². The van der Waals surface area contributed by atoms with Crippen LogP contribution >= 0.6 is 0 Å². The zero-order chi connectivity index (χ0) is 72.2. The van der Waals surface area contributed by atoms with Gasteiger partial charge in [0.15, 0.2) is 5.60 Å². The number of carboxylic acids is 3. The van der Waals surface area contributed by atoms with E-state index >= 15 is 0 Å². The second-order valence-corrected chi connectivity index (χ2v) is 22.4. The maximum Gasteiger partial charge on any atom is 0.414 e. The Morgan fingerprint density at radius 3 is 0.876 bits per heavy atom. The summed E-state index contributed by atoms with van der Waals surface area (Å²) in [4.78, 5) is 123. The van der Waals surface area contributed by atoms with Crippen molar-refractivity contribution in [2.24, 2.45) is 0 Å². The number of carboxylic acid groups (broad SMARTS) is 3. The van der Waals surface area contributed by atoms with E-state index in [1.165, 1.54) is 14.7 Å². The molecule has 0 saturated carbocycles. The number of amides is 3. The van der Waals surface area contributed by atoms with Crippen LogP contribution in [0.4, 0.5) is 14.4 Å². The average Bonchev–Trinajstić information content (AvgIpc) is 1.72. The van der Waals surface area contributed by atoms with Gasteiger partial charge in [0.2, 0.25) is 0 Å². The number of ether oxygens (including phenoxy) is 6. The second-order valence-electron chi connectivity index (χ2n) is 22.4. The van der Waals surface area contributed by atoms with Gasteiger partial charge >= 0.3 is 54.1 Å². The van der Waals surface area contributed by atoms with Crippen LogP contribution in [-0.4, -0.2) is 244 Å². The quantitative estimate of drug-likeness (QED) is 0.0144. The first-order valence-electron chi connectivity index (χ1n) is 32.8. The third-order valence-corrected chi connectivity index (χ3v) is 16.0. The molecule has 0 aliphatic heterocycles. The Hall–Kier alpha value is -9.25. The van der Waals surface area contributed by atoms with E-state index in [2.05, 4.69) is 71.2 Å². The molecule has 536 valence electrons. The fourth-order valence-electron chi connectivity index (χ4n) is 9.36. The lowest BCUT2D eigenvalue weighted by molar-refractivity contribution is -0.170. The number of aryl methyl sites for hydroxylation is 3. The number of rotatable bonds is 35. The number of fused-ring (bicyclic) bond motifs is 3. The molecule has 0 fully saturated rings. The molecule has 0 saturated heterocycles. The topological polar surface area (TPSA) is 357 Å². The van der Waals surface area contributed by atoms with Crippen LogP contribution < -0.4 is 14.2 Å². The Balaban J connectivity index is 0.000000347. The van der Waals surface area contributed by atoms with Crippen molar-refractivity contribution < 1.29 is 92.0 Å². The van der Waals surface area contributed by atoms with E-state index in [0.29, 0.717) is 95.2 Å². The Morgan fingerprint density at radius 1 is 0.402 bits per heavy atom. The molecule has 0 spiro atoms. The highest BCUT2D eigenvalue weighted by Gasteiger charge is 2.41. The first-order chi connectivity index (χ1) is 46.2. The Bertz CT molecular complexity index is 3130. The number of carbonyl (C=O) groups is 9. The highest BCUT2D eigenvalue weighted by molar-refractivity contribution is 5.89. The molecule has 3 aromatic carbocycles. The number of H-pyrrole nitrogens is 3. The molecule has 3 aromatic heterocycles. The van der Waals surface area contributed by atoms with Crippen LogP contribution in [0.1, 0.15) is 111 Å². The number of aromatic nitrogens is 3. The number of aliphatic hydroxyl groups is 1. The lowest BCUT2D eigenvalue weighted by Crippen LogP contribution is -2.42. The van der Waals surface area contributed by atoms with Crippen molar-refractivity contribution >= 4 is 86.8 Å². The van der Waals surface area contributed by atoms with Crippen molar-refractivity contribution in [2.45, 2.75) is 119 Å². The Morgan fingerprint density at radius 2 is 0.660 bits per heavy atom. The number of esters is 3. The molecule has 0 bridgehead atoms. The lowest BCUT2D eigenvalue weighted by Gasteiger charge is -2.18. The Labute approximate surface area is 567 Å². The van der Waals surface area contributed by atoms with Crippen LogP contribution in [0.25, 0.3) is 32.7 Å². The number of likely N-dealkylation sites (N-methyl/N-ethyl adjacent to an activating group) is 3. The minimum Gasteiger partial charge on any atom is -0.481 e. The summed E-state index contributed by atoms with van der Waals surface area (Å²) in [5.41, 5.74) is 2.99. The minimum atomic E-state index is -2.74. The number of benzene rings is 3.